The molecule has 4 nitrogen and oxygen atoms in total. The van der Waals surface area contributed by atoms with Crippen molar-refractivity contribution in [2.75, 3.05) is 5.75 Å². The van der Waals surface area contributed by atoms with E-state index in [-0.39, 0.29) is 24.4 Å². The molecule has 1 heterocycles. The van der Waals surface area contributed by atoms with Gasteiger partial charge in [-0.15, -0.1) is 24.2 Å². The zero-order valence-corrected chi connectivity index (χ0v) is 14.3. The fourth-order valence-corrected chi connectivity index (χ4v) is 2.65. The summed E-state index contributed by atoms with van der Waals surface area (Å²) in [5.74, 6) is 1.50. The van der Waals surface area contributed by atoms with Crippen LogP contribution in [0.15, 0.2) is 45.9 Å². The summed E-state index contributed by atoms with van der Waals surface area (Å²) in [4.78, 5) is 13.3. The summed E-state index contributed by atoms with van der Waals surface area (Å²) in [6.45, 7) is 4.38. The molecular formula is C16H21ClN2O2S. The predicted octanol–water partition coefficient (Wildman–Crippen LogP) is 3.76. The minimum absolute atomic E-state index is 0. The van der Waals surface area contributed by atoms with Crippen LogP contribution in [-0.2, 0) is 6.54 Å². The molecule has 1 amide bonds. The van der Waals surface area contributed by atoms with Gasteiger partial charge in [0, 0.05) is 4.90 Å². The highest BCUT2D eigenvalue weighted by Crippen LogP contribution is 2.21. The predicted molar refractivity (Wildman–Crippen MR) is 92.6 cm³/mol. The second kappa shape index (κ2) is 8.88. The van der Waals surface area contributed by atoms with Crippen molar-refractivity contribution >= 4 is 30.1 Å². The van der Waals surface area contributed by atoms with E-state index in [1.165, 1.54) is 11.2 Å². The third-order valence-electron chi connectivity index (χ3n) is 3.16. The van der Waals surface area contributed by atoms with Crippen LogP contribution in [0, 0.1) is 0 Å². The monoisotopic (exact) mass is 340 g/mol. The van der Waals surface area contributed by atoms with Gasteiger partial charge in [0.1, 0.15) is 12.0 Å². The Labute approximate surface area is 141 Å². The van der Waals surface area contributed by atoms with Crippen LogP contribution in [0.25, 0.3) is 0 Å². The summed E-state index contributed by atoms with van der Waals surface area (Å²) >= 11 is 1.80. The summed E-state index contributed by atoms with van der Waals surface area (Å²) < 4.78 is 5.18. The quantitative estimate of drug-likeness (QED) is 0.785. The number of hydrogen-bond acceptors (Lipinski definition) is 4. The maximum atomic E-state index is 12.1. The van der Waals surface area contributed by atoms with Gasteiger partial charge in [0.15, 0.2) is 0 Å². The SMILES string of the molecule is CCSc1ccc(C(C)NC(=O)c2coc(CN)c2)cc1.Cl. The second-order valence-corrected chi connectivity index (χ2v) is 6.04. The normalized spacial score (nSPS) is 11.6. The third kappa shape index (κ3) is 4.80. The summed E-state index contributed by atoms with van der Waals surface area (Å²) in [6.07, 6.45) is 1.44. The van der Waals surface area contributed by atoms with Crippen LogP contribution in [0.1, 0.15) is 41.6 Å². The molecule has 0 saturated carbocycles. The molecule has 0 fully saturated rings. The molecule has 0 aliphatic rings. The molecule has 0 bridgehead atoms. The van der Waals surface area contributed by atoms with Crippen LogP contribution < -0.4 is 11.1 Å². The van der Waals surface area contributed by atoms with Crippen molar-refractivity contribution in [1.29, 1.82) is 0 Å². The molecule has 22 heavy (non-hydrogen) atoms. The number of thioether (sulfide) groups is 1. The van der Waals surface area contributed by atoms with E-state index in [1.54, 1.807) is 17.8 Å². The Morgan fingerprint density at radius 2 is 2.05 bits per heavy atom. The number of carbonyl (C=O) groups excluding carboxylic acids is 1. The van der Waals surface area contributed by atoms with E-state index in [4.69, 9.17) is 10.2 Å². The largest absolute Gasteiger partial charge is 0.467 e. The number of carbonyl (C=O) groups is 1. The molecule has 0 aliphatic carbocycles. The van der Waals surface area contributed by atoms with Crippen molar-refractivity contribution in [3.8, 4) is 0 Å². The molecule has 0 aliphatic heterocycles. The molecule has 0 radical (unpaired) electrons. The topological polar surface area (TPSA) is 68.3 Å². The third-order valence-corrected chi connectivity index (χ3v) is 4.05. The molecule has 1 aromatic carbocycles. The van der Waals surface area contributed by atoms with Gasteiger partial charge in [-0.1, -0.05) is 19.1 Å². The summed E-state index contributed by atoms with van der Waals surface area (Å²) in [5.41, 5.74) is 7.04. The fourth-order valence-electron chi connectivity index (χ4n) is 1.99. The van der Waals surface area contributed by atoms with Crippen molar-refractivity contribution in [3.63, 3.8) is 0 Å². The second-order valence-electron chi connectivity index (χ2n) is 4.70. The Kier molecular flexibility index (Phi) is 7.51. The van der Waals surface area contributed by atoms with Crippen molar-refractivity contribution in [3.05, 3.63) is 53.5 Å². The standard InChI is InChI=1S/C16H20N2O2S.ClH/c1-3-21-15-6-4-12(5-7-15)11(2)18-16(19)13-8-14(9-17)20-10-13;/h4-8,10-11H,3,9,17H2,1-2H3,(H,18,19);1H. The van der Waals surface area contributed by atoms with Gasteiger partial charge in [0.25, 0.3) is 5.91 Å². The lowest BCUT2D eigenvalue weighted by Crippen LogP contribution is -2.26. The van der Waals surface area contributed by atoms with E-state index in [2.05, 4.69) is 24.4 Å². The van der Waals surface area contributed by atoms with Crippen molar-refractivity contribution in [2.24, 2.45) is 5.73 Å². The molecule has 2 rings (SSSR count). The van der Waals surface area contributed by atoms with Crippen LogP contribution in [0.3, 0.4) is 0 Å². The smallest absolute Gasteiger partial charge is 0.255 e. The Hall–Kier alpha value is -1.43. The summed E-state index contributed by atoms with van der Waals surface area (Å²) in [5, 5.41) is 2.95. The van der Waals surface area contributed by atoms with Gasteiger partial charge in [0.2, 0.25) is 0 Å². The number of furan rings is 1. The number of halogens is 1. The highest BCUT2D eigenvalue weighted by Gasteiger charge is 2.13. The van der Waals surface area contributed by atoms with Crippen molar-refractivity contribution in [1.82, 2.24) is 5.32 Å². The summed E-state index contributed by atoms with van der Waals surface area (Å²) in [6, 6.07) is 9.86. The van der Waals surface area contributed by atoms with Gasteiger partial charge in [-0.25, -0.2) is 0 Å². The summed E-state index contributed by atoms with van der Waals surface area (Å²) in [7, 11) is 0. The highest BCUT2D eigenvalue weighted by molar-refractivity contribution is 7.99. The molecule has 1 atom stereocenters. The molecular weight excluding hydrogens is 320 g/mol. The van der Waals surface area contributed by atoms with Gasteiger partial charge >= 0.3 is 0 Å². The van der Waals surface area contributed by atoms with Crippen LogP contribution in [0.2, 0.25) is 0 Å². The maximum Gasteiger partial charge on any atom is 0.255 e. The molecule has 0 spiro atoms. The van der Waals surface area contributed by atoms with E-state index in [1.807, 2.05) is 19.1 Å². The zero-order chi connectivity index (χ0) is 15.2. The van der Waals surface area contributed by atoms with E-state index < -0.39 is 0 Å². The fraction of sp³-hybridized carbons (Fsp3) is 0.312. The van der Waals surface area contributed by atoms with Gasteiger partial charge < -0.3 is 15.5 Å². The number of benzene rings is 1. The minimum Gasteiger partial charge on any atom is -0.467 e. The number of amides is 1. The number of nitrogens with one attached hydrogen (secondary N) is 1. The minimum atomic E-state index is -0.155. The molecule has 2 aromatic rings. The van der Waals surface area contributed by atoms with E-state index in [0.717, 1.165) is 11.3 Å². The maximum absolute atomic E-state index is 12.1. The van der Waals surface area contributed by atoms with Gasteiger partial charge in [-0.05, 0) is 36.4 Å². The Balaban J connectivity index is 0.00000242. The molecule has 0 saturated heterocycles. The first-order valence-corrected chi connectivity index (χ1v) is 7.93. The average Bonchev–Trinajstić information content (AvgIpc) is 2.97. The molecule has 3 N–H and O–H groups in total. The highest BCUT2D eigenvalue weighted by atomic mass is 35.5. The molecule has 120 valence electrons. The first-order chi connectivity index (χ1) is 10.1. The lowest BCUT2D eigenvalue weighted by atomic mass is 10.1. The Morgan fingerprint density at radius 3 is 2.59 bits per heavy atom. The number of rotatable bonds is 6. The molecule has 1 unspecified atom stereocenters. The Bertz CT molecular complexity index is 598. The van der Waals surface area contributed by atoms with Crippen molar-refractivity contribution < 1.29 is 9.21 Å². The van der Waals surface area contributed by atoms with Crippen LogP contribution in [-0.4, -0.2) is 11.7 Å². The average molecular weight is 341 g/mol. The van der Waals surface area contributed by atoms with Gasteiger partial charge in [0.05, 0.1) is 18.2 Å². The molecule has 1 aromatic heterocycles. The first-order valence-electron chi connectivity index (χ1n) is 6.95. The van der Waals surface area contributed by atoms with Crippen LogP contribution in [0.4, 0.5) is 0 Å². The number of nitrogens with two attached hydrogens (primary N) is 1. The van der Waals surface area contributed by atoms with E-state index in [9.17, 15) is 4.79 Å². The Morgan fingerprint density at radius 1 is 1.36 bits per heavy atom. The van der Waals surface area contributed by atoms with Gasteiger partial charge in [-0.2, -0.15) is 0 Å². The van der Waals surface area contributed by atoms with Crippen molar-refractivity contribution in [2.45, 2.75) is 31.3 Å². The first kappa shape index (κ1) is 18.6. The van der Waals surface area contributed by atoms with E-state index in [0.29, 0.717) is 17.9 Å². The lowest BCUT2D eigenvalue weighted by molar-refractivity contribution is 0.0939. The van der Waals surface area contributed by atoms with Crippen LogP contribution in [0.5, 0.6) is 0 Å². The zero-order valence-electron chi connectivity index (χ0n) is 12.7. The van der Waals surface area contributed by atoms with Gasteiger partial charge in [-0.3, -0.25) is 4.79 Å². The number of hydrogen-bond donors (Lipinski definition) is 2. The van der Waals surface area contributed by atoms with E-state index >= 15 is 0 Å². The van der Waals surface area contributed by atoms with Crippen LogP contribution >= 0.6 is 24.2 Å². The lowest BCUT2D eigenvalue weighted by Gasteiger charge is -2.14. The molecule has 6 heteroatoms.